The highest BCUT2D eigenvalue weighted by Gasteiger charge is 2.30. The molecule has 0 aliphatic rings. The summed E-state index contributed by atoms with van der Waals surface area (Å²) in [6.07, 6.45) is 0. The lowest BCUT2D eigenvalue weighted by Gasteiger charge is -2.14. The topological polar surface area (TPSA) is 120 Å². The number of furan rings is 1. The maximum atomic E-state index is 13.6. The van der Waals surface area contributed by atoms with Crippen LogP contribution < -0.4 is 10.3 Å². The van der Waals surface area contributed by atoms with Crippen LogP contribution in [0.15, 0.2) is 79.5 Å². The van der Waals surface area contributed by atoms with E-state index < -0.39 is 10.0 Å². The van der Waals surface area contributed by atoms with Crippen LogP contribution in [0.3, 0.4) is 0 Å². The molecular weight excluding hydrogens is 564 g/mol. The lowest BCUT2D eigenvalue weighted by atomic mass is 10.0. The largest absolute Gasteiger partial charge is 0.442 e. The van der Waals surface area contributed by atoms with E-state index in [2.05, 4.69) is 14.9 Å². The van der Waals surface area contributed by atoms with Crippen molar-refractivity contribution in [3.05, 3.63) is 104 Å². The first-order valence-corrected chi connectivity index (χ1v) is 14.6. The van der Waals surface area contributed by atoms with Crippen LogP contribution in [0.4, 0.5) is 5.82 Å². The van der Waals surface area contributed by atoms with Crippen LogP contribution in [0, 0.1) is 27.7 Å². The highest BCUT2D eigenvalue weighted by Crippen LogP contribution is 2.41. The van der Waals surface area contributed by atoms with Gasteiger partial charge in [-0.3, -0.25) is 14.5 Å². The highest BCUT2D eigenvalue weighted by molar-refractivity contribution is 7.92. The van der Waals surface area contributed by atoms with Crippen molar-refractivity contribution < 1.29 is 17.4 Å². The average Bonchev–Trinajstić information content (AvgIpc) is 3.46. The van der Waals surface area contributed by atoms with E-state index in [0.717, 1.165) is 27.9 Å². The molecule has 0 saturated heterocycles. The smallest absolute Gasteiger partial charge is 0.297 e. The second-order valence-corrected chi connectivity index (χ2v) is 11.9. The van der Waals surface area contributed by atoms with E-state index >= 15 is 0 Å². The maximum Gasteiger partial charge on any atom is 0.297 e. The Morgan fingerprint density at radius 3 is 2.49 bits per heavy atom. The maximum absolute atomic E-state index is 13.6. The van der Waals surface area contributed by atoms with Crippen molar-refractivity contribution in [2.75, 3.05) is 4.72 Å². The van der Waals surface area contributed by atoms with Crippen LogP contribution in [0.2, 0.25) is 5.02 Å². The lowest BCUT2D eigenvalue weighted by Crippen LogP contribution is -2.20. The number of nitrogens with one attached hydrogen (secondary N) is 1. The third-order valence-corrected chi connectivity index (χ3v) is 8.69. The second kappa shape index (κ2) is 9.90. The molecule has 0 unspecified atom stereocenters. The highest BCUT2D eigenvalue weighted by atomic mass is 35.5. The molecular formula is C30H25ClN4O5S. The summed E-state index contributed by atoms with van der Waals surface area (Å²) in [5.74, 6) is 0.578. The molecule has 0 spiro atoms. The van der Waals surface area contributed by atoms with Gasteiger partial charge in [0.05, 0.1) is 17.6 Å². The van der Waals surface area contributed by atoms with Crippen LogP contribution >= 0.6 is 11.6 Å². The van der Waals surface area contributed by atoms with E-state index in [1.807, 2.05) is 26.0 Å². The molecule has 11 heteroatoms. The average molecular weight is 589 g/mol. The fourth-order valence-corrected chi connectivity index (χ4v) is 6.49. The van der Waals surface area contributed by atoms with Gasteiger partial charge >= 0.3 is 0 Å². The van der Waals surface area contributed by atoms with E-state index in [4.69, 9.17) is 20.5 Å². The van der Waals surface area contributed by atoms with Gasteiger partial charge in [0.25, 0.3) is 15.6 Å². The quantitative estimate of drug-likeness (QED) is 0.235. The van der Waals surface area contributed by atoms with E-state index in [1.165, 1.54) is 6.07 Å². The summed E-state index contributed by atoms with van der Waals surface area (Å²) in [6.45, 7) is 7.47. The van der Waals surface area contributed by atoms with Crippen molar-refractivity contribution in [3.63, 3.8) is 0 Å². The Hall–Kier alpha value is -4.41. The molecule has 4 aromatic heterocycles. The normalized spacial score (nSPS) is 11.9. The number of hydrogen-bond acceptors (Lipinski definition) is 7. The van der Waals surface area contributed by atoms with Gasteiger partial charge in [-0.1, -0.05) is 47.1 Å². The standard InChI is InChI=1S/C30H25ClN4O5S/c1-16-13-25-21(18(3)32-16)11-12-27(36)35(25)15-20-9-10-22(24(31)14-20)28-23-7-5-6-8-26(23)39-30(28)41(37,38)34-29-17(2)19(4)40-33-29/h5-14H,15H2,1-4H3,(H,33,34). The zero-order valence-electron chi connectivity index (χ0n) is 22.6. The molecule has 4 heterocycles. The Balaban J connectivity index is 1.45. The molecule has 41 heavy (non-hydrogen) atoms. The van der Waals surface area contributed by atoms with Crippen LogP contribution in [0.1, 0.15) is 28.3 Å². The van der Waals surface area contributed by atoms with Gasteiger partial charge < -0.3 is 13.5 Å². The summed E-state index contributed by atoms with van der Waals surface area (Å²) >= 11 is 6.83. The Morgan fingerprint density at radius 1 is 0.976 bits per heavy atom. The predicted molar refractivity (Wildman–Crippen MR) is 158 cm³/mol. The molecule has 0 fully saturated rings. The molecule has 0 amide bonds. The third kappa shape index (κ3) is 4.68. The number of fused-ring (bicyclic) bond motifs is 2. The number of anilines is 1. The number of hydrogen-bond donors (Lipinski definition) is 1. The molecule has 0 aliphatic heterocycles. The van der Waals surface area contributed by atoms with E-state index in [-0.39, 0.29) is 23.0 Å². The number of aryl methyl sites for hydroxylation is 3. The molecule has 208 valence electrons. The van der Waals surface area contributed by atoms with Crippen molar-refractivity contribution in [1.82, 2.24) is 14.7 Å². The molecule has 0 saturated carbocycles. The molecule has 0 bridgehead atoms. The van der Waals surface area contributed by atoms with Crippen molar-refractivity contribution in [2.24, 2.45) is 0 Å². The molecule has 0 atom stereocenters. The molecule has 6 rings (SSSR count). The lowest BCUT2D eigenvalue weighted by molar-refractivity contribution is 0.399. The van der Waals surface area contributed by atoms with Gasteiger partial charge in [-0.05, 0) is 57.5 Å². The third-order valence-electron chi connectivity index (χ3n) is 7.14. The van der Waals surface area contributed by atoms with Crippen molar-refractivity contribution in [3.8, 4) is 11.1 Å². The van der Waals surface area contributed by atoms with E-state index in [9.17, 15) is 13.2 Å². The summed E-state index contributed by atoms with van der Waals surface area (Å²) < 4.78 is 42.3. The first-order valence-electron chi connectivity index (χ1n) is 12.8. The fourth-order valence-electron chi connectivity index (χ4n) is 4.97. The molecule has 6 aromatic rings. The number of pyridine rings is 2. The van der Waals surface area contributed by atoms with Crippen LogP contribution in [0.5, 0.6) is 0 Å². The van der Waals surface area contributed by atoms with E-state index in [0.29, 0.717) is 38.4 Å². The molecule has 0 aliphatic carbocycles. The van der Waals surface area contributed by atoms with Gasteiger partial charge in [0.2, 0.25) is 5.09 Å². The minimum absolute atomic E-state index is 0.0801. The summed E-state index contributed by atoms with van der Waals surface area (Å²) in [7, 11) is -4.23. The monoisotopic (exact) mass is 588 g/mol. The number of sulfonamides is 1. The first-order chi connectivity index (χ1) is 19.5. The summed E-state index contributed by atoms with van der Waals surface area (Å²) in [4.78, 5) is 17.4. The minimum Gasteiger partial charge on any atom is -0.442 e. The minimum atomic E-state index is -4.23. The van der Waals surface area contributed by atoms with Crippen LogP contribution in [-0.4, -0.2) is 23.1 Å². The number of benzene rings is 2. The van der Waals surface area contributed by atoms with Crippen molar-refractivity contribution >= 4 is 49.3 Å². The number of nitrogens with zero attached hydrogens (tertiary/aromatic N) is 3. The zero-order chi connectivity index (χ0) is 29.1. The zero-order valence-corrected chi connectivity index (χ0v) is 24.2. The van der Waals surface area contributed by atoms with Crippen LogP contribution in [0.25, 0.3) is 33.0 Å². The Bertz CT molecular complexity index is 2160. The van der Waals surface area contributed by atoms with Gasteiger partial charge in [-0.15, -0.1) is 0 Å². The molecule has 2 aromatic carbocycles. The van der Waals surface area contributed by atoms with Gasteiger partial charge in [0.15, 0.2) is 5.82 Å². The number of halogens is 1. The summed E-state index contributed by atoms with van der Waals surface area (Å²) in [6, 6.07) is 17.5. The summed E-state index contributed by atoms with van der Waals surface area (Å²) in [5.41, 5.74) is 4.79. The summed E-state index contributed by atoms with van der Waals surface area (Å²) in [5, 5.41) is 5.31. The number of para-hydroxylation sites is 1. The van der Waals surface area contributed by atoms with Gasteiger partial charge in [-0.2, -0.15) is 8.42 Å². The number of rotatable bonds is 6. The van der Waals surface area contributed by atoms with Crippen molar-refractivity contribution in [1.29, 1.82) is 0 Å². The molecule has 1 N–H and O–H groups in total. The molecule has 9 nitrogen and oxygen atoms in total. The van der Waals surface area contributed by atoms with Gasteiger partial charge in [0, 0.05) is 44.4 Å². The number of aromatic nitrogens is 3. The predicted octanol–water partition coefficient (Wildman–Crippen LogP) is 6.53. The molecule has 0 radical (unpaired) electrons. The fraction of sp³-hybridized carbons (Fsp3) is 0.167. The Labute approximate surface area is 240 Å². The van der Waals surface area contributed by atoms with Crippen LogP contribution in [-0.2, 0) is 16.6 Å². The van der Waals surface area contributed by atoms with Crippen molar-refractivity contribution in [2.45, 2.75) is 39.3 Å². The van der Waals surface area contributed by atoms with Gasteiger partial charge in [-0.25, -0.2) is 0 Å². The SMILES string of the molecule is Cc1cc2c(ccc(=O)n2Cc2ccc(-c3c(S(=O)(=O)Nc4noc(C)c4C)oc4ccccc34)c(Cl)c2)c(C)n1. The Morgan fingerprint density at radius 2 is 1.76 bits per heavy atom. The second-order valence-electron chi connectivity index (χ2n) is 9.93. The van der Waals surface area contributed by atoms with Gasteiger partial charge in [0.1, 0.15) is 11.3 Å². The first kappa shape index (κ1) is 26.8. The van der Waals surface area contributed by atoms with E-state index in [1.54, 1.807) is 60.9 Å². The Kier molecular flexibility index (Phi) is 6.47.